The molecule has 0 aromatic heterocycles. The number of ether oxygens (including phenoxy) is 1. The third-order valence-electron chi connectivity index (χ3n) is 6.44. The van der Waals surface area contributed by atoms with Crippen LogP contribution in [0.4, 0.5) is 0 Å². The first-order chi connectivity index (χ1) is 13.5. The molecule has 0 saturated carbocycles. The van der Waals surface area contributed by atoms with Crippen molar-refractivity contribution in [2.45, 2.75) is 90.6 Å². The van der Waals surface area contributed by atoms with Gasteiger partial charge in [-0.1, -0.05) is 103 Å². The van der Waals surface area contributed by atoms with Crippen molar-refractivity contribution in [2.24, 2.45) is 5.92 Å². The molecule has 1 fully saturated rings. The molecule has 1 heterocycles. The summed E-state index contributed by atoms with van der Waals surface area (Å²) >= 11 is 7.03. The highest BCUT2D eigenvalue weighted by molar-refractivity contribution is 8.23. The second kappa shape index (κ2) is 11.8. The number of carbonyl (C=O) groups excluding carboxylic acids is 1. The molecule has 3 nitrogen and oxygen atoms in total. The lowest BCUT2D eigenvalue weighted by Crippen LogP contribution is -2.42. The highest BCUT2D eigenvalue weighted by atomic mass is 32.2. The van der Waals surface area contributed by atoms with Crippen LogP contribution < -0.4 is 0 Å². The van der Waals surface area contributed by atoms with Crippen LogP contribution >= 0.6 is 24.0 Å². The number of carbonyl (C=O) groups is 1. The van der Waals surface area contributed by atoms with Crippen LogP contribution in [0.5, 0.6) is 0 Å². The van der Waals surface area contributed by atoms with Gasteiger partial charge in [0, 0.05) is 18.9 Å². The average molecular weight is 456 g/mol. The molecule has 166 valence electrons. The van der Waals surface area contributed by atoms with Gasteiger partial charge in [0.05, 0.1) is 20.6 Å². The van der Waals surface area contributed by atoms with Gasteiger partial charge in [-0.05, 0) is 22.5 Å². The first-order valence-corrected chi connectivity index (χ1v) is 14.6. The fraction of sp³-hybridized carbons (Fsp3) is 0.739. The van der Waals surface area contributed by atoms with Crippen LogP contribution in [-0.4, -0.2) is 48.2 Å². The third-order valence-corrected chi connectivity index (χ3v) is 14.7. The number of hydrogen-bond donors (Lipinski definition) is 0. The molecule has 1 rings (SSSR count). The summed E-state index contributed by atoms with van der Waals surface area (Å²) in [6, 6.07) is 0.191. The zero-order valence-electron chi connectivity index (χ0n) is 19.8. The van der Waals surface area contributed by atoms with E-state index in [-0.39, 0.29) is 18.1 Å². The van der Waals surface area contributed by atoms with E-state index in [1.807, 2.05) is 11.0 Å². The molecule has 1 amide bonds. The normalized spacial score (nSPS) is 19.8. The van der Waals surface area contributed by atoms with Crippen LogP contribution in [0.3, 0.4) is 0 Å². The minimum Gasteiger partial charge on any atom is -0.377 e. The van der Waals surface area contributed by atoms with Gasteiger partial charge < -0.3 is 4.74 Å². The molecule has 0 aliphatic carbocycles. The summed E-state index contributed by atoms with van der Waals surface area (Å²) in [4.78, 5) is 14.7. The Morgan fingerprint density at radius 2 is 1.69 bits per heavy atom. The van der Waals surface area contributed by atoms with Crippen LogP contribution in [-0.2, 0) is 9.53 Å². The van der Waals surface area contributed by atoms with E-state index in [1.165, 1.54) is 0 Å². The maximum atomic E-state index is 12.9. The topological polar surface area (TPSA) is 29.5 Å². The van der Waals surface area contributed by atoms with E-state index in [9.17, 15) is 4.79 Å². The summed E-state index contributed by atoms with van der Waals surface area (Å²) in [5.74, 6) is 1.35. The summed E-state index contributed by atoms with van der Waals surface area (Å²) < 4.78 is 6.28. The van der Waals surface area contributed by atoms with Crippen molar-refractivity contribution in [3.8, 4) is 0 Å². The Bertz CT molecular complexity index is 592. The second-order valence-electron chi connectivity index (χ2n) is 9.34. The van der Waals surface area contributed by atoms with Gasteiger partial charge >= 0.3 is 0 Å². The molecular weight excluding hydrogens is 414 g/mol. The molecular formula is C23H41NO2S2Si. The molecule has 0 N–H and O–H groups in total. The summed E-state index contributed by atoms with van der Waals surface area (Å²) in [6.07, 6.45) is 6.35. The zero-order chi connectivity index (χ0) is 22.4. The summed E-state index contributed by atoms with van der Waals surface area (Å²) in [5.41, 5.74) is 4.55. The number of nitrogens with zero attached hydrogens (tertiary/aromatic N) is 1. The highest BCUT2D eigenvalue weighted by Gasteiger charge is 2.40. The molecule has 1 saturated heterocycles. The molecule has 0 spiro atoms. The Kier molecular flexibility index (Phi) is 10.8. The third kappa shape index (κ3) is 6.52. The second-order valence-corrected chi connectivity index (χ2v) is 16.8. The van der Waals surface area contributed by atoms with Crippen molar-refractivity contribution in [1.29, 1.82) is 0 Å². The van der Waals surface area contributed by atoms with Gasteiger partial charge in [0.2, 0.25) is 5.91 Å². The number of thiocarbonyl (C=S) groups is 1. The monoisotopic (exact) mass is 455 g/mol. The predicted octanol–water partition coefficient (Wildman–Crippen LogP) is 6.61. The molecule has 0 aromatic rings. The Balaban J connectivity index is 2.87. The fourth-order valence-corrected chi connectivity index (χ4v) is 12.0. The summed E-state index contributed by atoms with van der Waals surface area (Å²) in [6.45, 7) is 18.5. The minimum atomic E-state index is -1.56. The number of thioether (sulfide) groups is 1. The van der Waals surface area contributed by atoms with E-state index in [4.69, 9.17) is 17.0 Å². The maximum Gasteiger partial charge on any atom is 0.231 e. The van der Waals surface area contributed by atoms with Crippen molar-refractivity contribution >= 4 is 42.3 Å². The molecule has 0 aromatic carbocycles. The van der Waals surface area contributed by atoms with Crippen molar-refractivity contribution in [3.63, 3.8) is 0 Å². The first-order valence-electron chi connectivity index (χ1n) is 10.9. The number of amides is 1. The fourth-order valence-electron chi connectivity index (χ4n) is 4.70. The standard InChI is InChI=1S/C23H41NO2S2Si/c1-16(2)21-15-28-23(27)24(21)22(25)14-20(26-9)12-10-11-13-29(17(3)4,18(5)6)19(7)8/h10-13,16-21H,14-15H2,1-9H3/b12-10+,13-11-/t20-,21-/m0/s1. The van der Waals surface area contributed by atoms with Gasteiger partial charge in [0.1, 0.15) is 4.32 Å². The van der Waals surface area contributed by atoms with Crippen LogP contribution in [0.2, 0.25) is 16.6 Å². The van der Waals surface area contributed by atoms with E-state index < -0.39 is 8.07 Å². The molecule has 1 aliphatic rings. The number of allylic oxidation sites excluding steroid dienone is 2. The zero-order valence-corrected chi connectivity index (χ0v) is 22.4. The van der Waals surface area contributed by atoms with E-state index in [0.29, 0.717) is 33.3 Å². The lowest BCUT2D eigenvalue weighted by Gasteiger charge is -2.40. The molecule has 1 aliphatic heterocycles. The van der Waals surface area contributed by atoms with Crippen molar-refractivity contribution < 1.29 is 9.53 Å². The van der Waals surface area contributed by atoms with Crippen LogP contribution in [0.15, 0.2) is 23.9 Å². The van der Waals surface area contributed by atoms with Gasteiger partial charge in [-0.2, -0.15) is 0 Å². The smallest absolute Gasteiger partial charge is 0.231 e. The van der Waals surface area contributed by atoms with E-state index in [1.54, 1.807) is 18.9 Å². The lowest BCUT2D eigenvalue weighted by atomic mass is 10.0. The summed E-state index contributed by atoms with van der Waals surface area (Å²) in [7, 11) is 0.104. The average Bonchev–Trinajstić information content (AvgIpc) is 3.01. The Morgan fingerprint density at radius 1 is 1.14 bits per heavy atom. The van der Waals surface area contributed by atoms with Crippen molar-refractivity contribution in [3.05, 3.63) is 23.9 Å². The molecule has 0 bridgehead atoms. The van der Waals surface area contributed by atoms with E-state index >= 15 is 0 Å². The SMILES string of the molecule is CO[C@@H](/C=C/C=C\[Si](C(C)C)(C(C)C)C(C)C)CC(=O)N1C(=S)SC[C@H]1C(C)C. The van der Waals surface area contributed by atoms with Gasteiger partial charge in [-0.3, -0.25) is 9.69 Å². The molecule has 6 heteroatoms. The molecule has 0 unspecified atom stereocenters. The van der Waals surface area contributed by atoms with Crippen LogP contribution in [0.25, 0.3) is 0 Å². The first kappa shape index (κ1) is 26.6. The predicted molar refractivity (Wildman–Crippen MR) is 135 cm³/mol. The minimum absolute atomic E-state index is 0.0643. The number of rotatable bonds is 10. The van der Waals surface area contributed by atoms with Crippen molar-refractivity contribution in [2.75, 3.05) is 12.9 Å². The largest absolute Gasteiger partial charge is 0.377 e. The van der Waals surface area contributed by atoms with E-state index in [0.717, 1.165) is 5.75 Å². The Hall–Kier alpha value is -0.433. The van der Waals surface area contributed by atoms with Crippen LogP contribution in [0, 0.1) is 5.92 Å². The Labute approximate surface area is 189 Å². The van der Waals surface area contributed by atoms with Crippen molar-refractivity contribution in [1.82, 2.24) is 4.90 Å². The maximum absolute atomic E-state index is 12.9. The van der Waals surface area contributed by atoms with Gasteiger partial charge in [0.15, 0.2) is 0 Å². The molecule has 2 atom stereocenters. The highest BCUT2D eigenvalue weighted by Crippen LogP contribution is 2.42. The number of hydrogen-bond acceptors (Lipinski definition) is 4. The summed E-state index contributed by atoms with van der Waals surface area (Å²) in [5, 5.41) is 0. The van der Waals surface area contributed by atoms with Gasteiger partial charge in [-0.25, -0.2) is 0 Å². The molecule has 0 radical (unpaired) electrons. The van der Waals surface area contributed by atoms with E-state index in [2.05, 4.69) is 73.2 Å². The van der Waals surface area contributed by atoms with Gasteiger partial charge in [-0.15, -0.1) is 0 Å². The Morgan fingerprint density at radius 3 is 2.14 bits per heavy atom. The quantitative estimate of drug-likeness (QED) is 0.211. The van der Waals surface area contributed by atoms with Gasteiger partial charge in [0.25, 0.3) is 0 Å². The number of methoxy groups -OCH3 is 1. The molecule has 29 heavy (non-hydrogen) atoms. The van der Waals surface area contributed by atoms with Crippen LogP contribution in [0.1, 0.15) is 61.8 Å². The lowest BCUT2D eigenvalue weighted by molar-refractivity contribution is -0.130.